The van der Waals surface area contributed by atoms with Crippen molar-refractivity contribution in [2.75, 3.05) is 13.1 Å². The second-order valence-corrected chi connectivity index (χ2v) is 7.66. The molecule has 1 aromatic carbocycles. The van der Waals surface area contributed by atoms with E-state index in [2.05, 4.69) is 29.0 Å². The Morgan fingerprint density at radius 2 is 1.96 bits per heavy atom. The smallest absolute Gasteiger partial charge is 0.326 e. The Hall–Kier alpha value is -1.97. The average Bonchev–Trinajstić information content (AvgIpc) is 2.98. The number of H-pyrrole nitrogens is 1. The van der Waals surface area contributed by atoms with Gasteiger partial charge >= 0.3 is 5.69 Å². The fraction of sp³-hybridized carbons (Fsp3) is 0.571. The molecule has 1 aliphatic carbocycles. The van der Waals surface area contributed by atoms with Gasteiger partial charge in [-0.25, -0.2) is 4.79 Å². The molecule has 4 rings (SSSR count). The first-order valence-electron chi connectivity index (χ1n) is 9.89. The van der Waals surface area contributed by atoms with E-state index in [1.807, 2.05) is 22.8 Å². The topological polar surface area (TPSA) is 41.0 Å². The molecule has 2 aromatic rings. The largest absolute Gasteiger partial charge is 0.375 e. The van der Waals surface area contributed by atoms with Crippen LogP contribution in [0.15, 0.2) is 40.8 Å². The summed E-state index contributed by atoms with van der Waals surface area (Å²) in [7, 11) is 0. The molecule has 1 aromatic heterocycles. The number of allylic oxidation sites excluding steroid dienone is 2. The summed E-state index contributed by atoms with van der Waals surface area (Å²) in [5.41, 5.74) is 3.59. The zero-order valence-corrected chi connectivity index (χ0v) is 15.2. The monoisotopic (exact) mass is 339 g/mol. The summed E-state index contributed by atoms with van der Waals surface area (Å²) in [6.45, 7) is 4.43. The third-order valence-electron chi connectivity index (χ3n) is 6.05. The van der Waals surface area contributed by atoms with Crippen molar-refractivity contribution in [3.8, 4) is 0 Å². The van der Waals surface area contributed by atoms with Crippen LogP contribution in [0.1, 0.15) is 57.9 Å². The molecule has 4 nitrogen and oxygen atoms in total. The van der Waals surface area contributed by atoms with Crippen molar-refractivity contribution in [3.05, 3.63) is 46.5 Å². The van der Waals surface area contributed by atoms with Gasteiger partial charge in [-0.15, -0.1) is 0 Å². The minimum Gasteiger partial charge on any atom is -0.375 e. The first-order valence-corrected chi connectivity index (χ1v) is 9.89. The lowest BCUT2D eigenvalue weighted by Gasteiger charge is -2.37. The minimum absolute atomic E-state index is 0.0407. The normalized spacial score (nSPS) is 22.4. The van der Waals surface area contributed by atoms with Crippen molar-refractivity contribution in [1.82, 2.24) is 14.5 Å². The summed E-state index contributed by atoms with van der Waals surface area (Å²) >= 11 is 0. The van der Waals surface area contributed by atoms with E-state index < -0.39 is 0 Å². The van der Waals surface area contributed by atoms with Crippen LogP contribution in [0.25, 0.3) is 11.0 Å². The summed E-state index contributed by atoms with van der Waals surface area (Å²) in [5.74, 6) is 0.899. The van der Waals surface area contributed by atoms with E-state index >= 15 is 0 Å². The Kier molecular flexibility index (Phi) is 4.69. The highest BCUT2D eigenvalue weighted by molar-refractivity contribution is 5.75. The molecule has 2 heterocycles. The van der Waals surface area contributed by atoms with Crippen LogP contribution in [0.3, 0.4) is 0 Å². The van der Waals surface area contributed by atoms with Gasteiger partial charge in [-0.05, 0) is 50.2 Å². The maximum atomic E-state index is 12.4. The number of nitrogens with one attached hydrogen (secondary N) is 1. The number of likely N-dealkylation sites (tertiary alicyclic amines) is 1. The van der Waals surface area contributed by atoms with Gasteiger partial charge in [0, 0.05) is 24.8 Å². The molecule has 1 unspecified atom stereocenters. The van der Waals surface area contributed by atoms with Gasteiger partial charge in [-0.3, -0.25) is 4.57 Å². The van der Waals surface area contributed by atoms with Gasteiger partial charge in [0.2, 0.25) is 0 Å². The second kappa shape index (κ2) is 7.11. The van der Waals surface area contributed by atoms with Crippen LogP contribution in [0, 0.1) is 5.92 Å². The third kappa shape index (κ3) is 3.26. The van der Waals surface area contributed by atoms with E-state index in [1.54, 1.807) is 5.70 Å². The Labute approximate surface area is 149 Å². The Morgan fingerprint density at radius 1 is 1.16 bits per heavy atom. The molecule has 0 radical (unpaired) electrons. The number of hydrogen-bond acceptors (Lipinski definition) is 2. The SMILES string of the molecule is CCCC1CC=C(N2CCC(n3c(=O)[nH]c4ccccc43)CC2)CC1. The second-order valence-electron chi connectivity index (χ2n) is 7.66. The van der Waals surface area contributed by atoms with Crippen LogP contribution in [0.5, 0.6) is 0 Å². The van der Waals surface area contributed by atoms with Gasteiger partial charge < -0.3 is 9.88 Å². The molecular weight excluding hydrogens is 310 g/mol. The first-order chi connectivity index (χ1) is 12.3. The lowest BCUT2D eigenvalue weighted by molar-refractivity contribution is 0.214. The number of aromatic nitrogens is 2. The molecule has 4 heteroatoms. The highest BCUT2D eigenvalue weighted by Crippen LogP contribution is 2.32. The zero-order valence-electron chi connectivity index (χ0n) is 15.2. The van der Waals surface area contributed by atoms with Gasteiger partial charge in [0.25, 0.3) is 0 Å². The van der Waals surface area contributed by atoms with Gasteiger partial charge in [0.1, 0.15) is 0 Å². The quantitative estimate of drug-likeness (QED) is 0.894. The number of imidazole rings is 1. The van der Waals surface area contributed by atoms with Crippen LogP contribution >= 0.6 is 0 Å². The van der Waals surface area contributed by atoms with E-state index in [0.29, 0.717) is 6.04 Å². The molecule has 0 spiro atoms. The predicted molar refractivity (Wildman–Crippen MR) is 103 cm³/mol. The molecule has 134 valence electrons. The summed E-state index contributed by atoms with van der Waals surface area (Å²) in [5, 5.41) is 0. The lowest BCUT2D eigenvalue weighted by atomic mass is 9.88. The summed E-state index contributed by atoms with van der Waals surface area (Å²) in [6, 6.07) is 8.35. The molecule has 0 bridgehead atoms. The van der Waals surface area contributed by atoms with E-state index in [9.17, 15) is 4.79 Å². The molecule has 1 atom stereocenters. The number of aromatic amines is 1. The fourth-order valence-electron chi connectivity index (χ4n) is 4.68. The molecule has 1 saturated heterocycles. The number of hydrogen-bond donors (Lipinski definition) is 1. The van der Waals surface area contributed by atoms with Crippen LogP contribution in [-0.4, -0.2) is 27.5 Å². The van der Waals surface area contributed by atoms with Crippen LogP contribution < -0.4 is 5.69 Å². The number of piperidine rings is 1. The van der Waals surface area contributed by atoms with Gasteiger partial charge in [-0.2, -0.15) is 0 Å². The number of benzene rings is 1. The lowest BCUT2D eigenvalue weighted by Crippen LogP contribution is -2.37. The molecule has 25 heavy (non-hydrogen) atoms. The number of para-hydroxylation sites is 2. The average molecular weight is 339 g/mol. The molecule has 2 aliphatic rings. The van der Waals surface area contributed by atoms with Crippen LogP contribution in [-0.2, 0) is 0 Å². The van der Waals surface area contributed by atoms with Crippen molar-refractivity contribution >= 4 is 11.0 Å². The van der Waals surface area contributed by atoms with E-state index in [4.69, 9.17) is 0 Å². The molecule has 0 saturated carbocycles. The Bertz CT molecular complexity index is 808. The van der Waals surface area contributed by atoms with Gasteiger partial charge in [-0.1, -0.05) is 38.0 Å². The van der Waals surface area contributed by atoms with Crippen molar-refractivity contribution < 1.29 is 0 Å². The highest BCUT2D eigenvalue weighted by Gasteiger charge is 2.25. The van der Waals surface area contributed by atoms with Crippen molar-refractivity contribution in [2.45, 2.75) is 57.9 Å². The van der Waals surface area contributed by atoms with E-state index in [1.165, 1.54) is 32.1 Å². The number of fused-ring (bicyclic) bond motifs is 1. The Morgan fingerprint density at radius 3 is 2.68 bits per heavy atom. The Balaban J connectivity index is 1.43. The minimum atomic E-state index is 0.0407. The third-order valence-corrected chi connectivity index (χ3v) is 6.05. The highest BCUT2D eigenvalue weighted by atomic mass is 16.1. The first kappa shape index (κ1) is 16.5. The van der Waals surface area contributed by atoms with E-state index in [-0.39, 0.29) is 5.69 Å². The van der Waals surface area contributed by atoms with Gasteiger partial charge in [0.05, 0.1) is 11.0 Å². The molecule has 0 amide bonds. The van der Waals surface area contributed by atoms with Crippen LogP contribution in [0.4, 0.5) is 0 Å². The predicted octanol–water partition coefficient (Wildman–Crippen LogP) is 4.45. The molecule has 1 aliphatic heterocycles. The van der Waals surface area contributed by atoms with Gasteiger partial charge in [0.15, 0.2) is 0 Å². The standard InChI is InChI=1S/C21H29N3O/c1-2-5-16-8-10-17(11-9-16)23-14-12-18(13-15-23)24-20-7-4-3-6-19(20)22-21(24)25/h3-4,6-7,10,16,18H,2,5,8-9,11-15H2,1H3,(H,22,25). The van der Waals surface area contributed by atoms with Crippen molar-refractivity contribution in [3.63, 3.8) is 0 Å². The molecule has 1 fully saturated rings. The summed E-state index contributed by atoms with van der Waals surface area (Å²) in [6.07, 6.45) is 11.1. The fourth-order valence-corrected chi connectivity index (χ4v) is 4.68. The summed E-state index contributed by atoms with van der Waals surface area (Å²) < 4.78 is 1.99. The maximum absolute atomic E-state index is 12.4. The number of nitrogens with zero attached hydrogens (tertiary/aromatic N) is 2. The molecular formula is C21H29N3O. The van der Waals surface area contributed by atoms with Crippen LogP contribution in [0.2, 0.25) is 0 Å². The van der Waals surface area contributed by atoms with Crippen molar-refractivity contribution in [1.29, 1.82) is 0 Å². The summed E-state index contributed by atoms with van der Waals surface area (Å²) in [4.78, 5) is 18.0. The molecule has 1 N–H and O–H groups in total. The van der Waals surface area contributed by atoms with E-state index in [0.717, 1.165) is 42.9 Å². The maximum Gasteiger partial charge on any atom is 0.326 e. The zero-order chi connectivity index (χ0) is 17.2. The van der Waals surface area contributed by atoms with Crippen molar-refractivity contribution in [2.24, 2.45) is 5.92 Å². The number of rotatable bonds is 4.